The second kappa shape index (κ2) is 6.64. The van der Waals surface area contributed by atoms with Gasteiger partial charge in [0.05, 0.1) is 6.42 Å². The highest BCUT2D eigenvalue weighted by Gasteiger charge is 2.59. The third kappa shape index (κ3) is 3.36. The first-order valence-electron chi connectivity index (χ1n) is 6.79. The normalized spacial score (nSPS) is 23.6. The van der Waals surface area contributed by atoms with Crippen LogP contribution in [0.1, 0.15) is 58.3 Å². The van der Waals surface area contributed by atoms with E-state index in [-0.39, 0.29) is 11.5 Å². The molecule has 1 aliphatic rings. The van der Waals surface area contributed by atoms with Gasteiger partial charge in [-0.25, -0.2) is 0 Å². The Morgan fingerprint density at radius 3 is 2.15 bits per heavy atom. The number of hydrogen-bond acceptors (Lipinski definition) is 5. The molecule has 0 spiro atoms. The number of hydrogen-bond donors (Lipinski definition) is 2. The van der Waals surface area contributed by atoms with E-state index in [4.69, 9.17) is 0 Å². The molecule has 1 unspecified atom stereocenters. The van der Waals surface area contributed by atoms with Gasteiger partial charge in [-0.05, 0) is 6.42 Å². The molecule has 1 heterocycles. The predicted molar refractivity (Wildman–Crippen MR) is 70.5 cm³/mol. The Bertz CT molecular complexity index is 474. The summed E-state index contributed by atoms with van der Waals surface area (Å²) in [5.41, 5.74) is 0. The molecule has 0 aliphatic carbocycles. The lowest BCUT2D eigenvalue weighted by molar-refractivity contribution is -0.171. The Kier molecular flexibility index (Phi) is 5.67. The molecule has 7 nitrogen and oxygen atoms in total. The van der Waals surface area contributed by atoms with Crippen molar-refractivity contribution in [3.63, 3.8) is 0 Å². The summed E-state index contributed by atoms with van der Waals surface area (Å²) in [6.45, 7) is 2.08. The van der Waals surface area contributed by atoms with Crippen LogP contribution < -0.4 is 0 Å². The van der Waals surface area contributed by atoms with E-state index in [9.17, 15) is 27.8 Å². The molecular formula is C12H21NO6S. The van der Waals surface area contributed by atoms with Crippen molar-refractivity contribution < 1.29 is 27.8 Å². The number of hydroxylamine groups is 2. The molecule has 116 valence electrons. The van der Waals surface area contributed by atoms with Crippen molar-refractivity contribution in [2.24, 2.45) is 0 Å². The van der Waals surface area contributed by atoms with Crippen LogP contribution in [-0.4, -0.2) is 39.8 Å². The van der Waals surface area contributed by atoms with Crippen LogP contribution in [0.25, 0.3) is 0 Å². The SMILES string of the molecule is CCCCCCCCC1(S(=O)(=O)O)CC(=O)N(O)C1=O. The zero-order valence-corrected chi connectivity index (χ0v) is 12.4. The summed E-state index contributed by atoms with van der Waals surface area (Å²) in [4.78, 5) is 23.1. The van der Waals surface area contributed by atoms with Gasteiger partial charge in [0.1, 0.15) is 0 Å². The minimum Gasteiger partial charge on any atom is -0.285 e. The first kappa shape index (κ1) is 17.1. The average molecular weight is 307 g/mol. The molecule has 8 heteroatoms. The number of amides is 2. The topological polar surface area (TPSA) is 112 Å². The van der Waals surface area contributed by atoms with E-state index in [0.717, 1.165) is 25.7 Å². The van der Waals surface area contributed by atoms with Crippen LogP contribution in [0, 0.1) is 0 Å². The van der Waals surface area contributed by atoms with Crippen LogP contribution in [0.4, 0.5) is 0 Å². The maximum atomic E-state index is 11.8. The van der Waals surface area contributed by atoms with Crippen molar-refractivity contribution in [1.82, 2.24) is 5.06 Å². The van der Waals surface area contributed by atoms with Gasteiger partial charge >= 0.3 is 0 Å². The van der Waals surface area contributed by atoms with Gasteiger partial charge in [0, 0.05) is 0 Å². The molecule has 1 aliphatic heterocycles. The lowest BCUT2D eigenvalue weighted by atomic mass is 9.97. The van der Waals surface area contributed by atoms with E-state index in [1.165, 1.54) is 0 Å². The van der Waals surface area contributed by atoms with Crippen LogP contribution in [0.15, 0.2) is 0 Å². The summed E-state index contributed by atoms with van der Waals surface area (Å²) in [7, 11) is -4.75. The Hall–Kier alpha value is -0.990. The Labute approximate surface area is 118 Å². The summed E-state index contributed by atoms with van der Waals surface area (Å²) >= 11 is 0. The van der Waals surface area contributed by atoms with E-state index in [2.05, 4.69) is 6.92 Å². The van der Waals surface area contributed by atoms with Gasteiger partial charge in [-0.15, -0.1) is 0 Å². The van der Waals surface area contributed by atoms with E-state index in [1.54, 1.807) is 0 Å². The number of rotatable bonds is 8. The second-order valence-corrected chi connectivity index (χ2v) is 6.91. The second-order valence-electron chi connectivity index (χ2n) is 5.17. The summed E-state index contributed by atoms with van der Waals surface area (Å²) in [5.74, 6) is -2.25. The molecule has 1 atom stereocenters. The Morgan fingerprint density at radius 1 is 1.15 bits per heavy atom. The highest BCUT2D eigenvalue weighted by molar-refractivity contribution is 7.88. The molecule has 2 N–H and O–H groups in total. The fourth-order valence-electron chi connectivity index (χ4n) is 2.42. The van der Waals surface area contributed by atoms with Crippen molar-refractivity contribution in [2.45, 2.75) is 63.0 Å². The van der Waals surface area contributed by atoms with Gasteiger partial charge in [0.25, 0.3) is 21.9 Å². The van der Waals surface area contributed by atoms with Crippen molar-refractivity contribution in [2.75, 3.05) is 0 Å². The quantitative estimate of drug-likeness (QED) is 0.304. The van der Waals surface area contributed by atoms with Crippen molar-refractivity contribution in [3.05, 3.63) is 0 Å². The van der Waals surface area contributed by atoms with Crippen molar-refractivity contribution >= 4 is 21.9 Å². The third-order valence-corrected chi connectivity index (χ3v) is 5.19. The number of nitrogens with zero attached hydrogens (tertiary/aromatic N) is 1. The molecule has 20 heavy (non-hydrogen) atoms. The van der Waals surface area contributed by atoms with Crippen LogP contribution in [-0.2, 0) is 19.7 Å². The molecule has 1 fully saturated rings. The number of carbonyl (C=O) groups excluding carboxylic acids is 2. The van der Waals surface area contributed by atoms with Crippen LogP contribution >= 0.6 is 0 Å². The van der Waals surface area contributed by atoms with E-state index in [1.807, 2.05) is 0 Å². The summed E-state index contributed by atoms with van der Waals surface area (Å²) in [5, 5.41) is 8.99. The van der Waals surface area contributed by atoms with Gasteiger partial charge < -0.3 is 0 Å². The minimum atomic E-state index is -4.75. The molecule has 0 aromatic rings. The maximum absolute atomic E-state index is 11.8. The lowest BCUT2D eigenvalue weighted by Gasteiger charge is -2.21. The molecule has 2 amide bonds. The third-order valence-electron chi connectivity index (χ3n) is 3.68. The average Bonchev–Trinajstić information content (AvgIpc) is 2.58. The fraction of sp³-hybridized carbons (Fsp3) is 0.833. The smallest absolute Gasteiger partial charge is 0.280 e. The largest absolute Gasteiger partial charge is 0.285 e. The molecule has 1 rings (SSSR count). The minimum absolute atomic E-state index is 0.153. The van der Waals surface area contributed by atoms with Gasteiger partial charge in [0.15, 0.2) is 4.75 Å². The van der Waals surface area contributed by atoms with Crippen molar-refractivity contribution in [3.8, 4) is 0 Å². The summed E-state index contributed by atoms with van der Waals surface area (Å²) < 4.78 is 30.0. The zero-order chi connectivity index (χ0) is 15.4. The monoisotopic (exact) mass is 307 g/mol. The first-order chi connectivity index (χ1) is 9.26. The van der Waals surface area contributed by atoms with E-state index < -0.39 is 33.1 Å². The number of unbranched alkanes of at least 4 members (excludes halogenated alkanes) is 5. The number of imide groups is 1. The van der Waals surface area contributed by atoms with Gasteiger partial charge in [-0.1, -0.05) is 45.4 Å². The van der Waals surface area contributed by atoms with Crippen LogP contribution in [0.5, 0.6) is 0 Å². The first-order valence-corrected chi connectivity index (χ1v) is 8.23. The van der Waals surface area contributed by atoms with Crippen LogP contribution in [0.2, 0.25) is 0 Å². The molecule has 0 bridgehead atoms. The summed E-state index contributed by atoms with van der Waals surface area (Å²) in [6.07, 6.45) is 4.36. The number of carbonyl (C=O) groups is 2. The standard InChI is InChI=1S/C12H21NO6S/c1-2-3-4-5-6-7-8-12(20(17,18)19)9-10(14)13(16)11(12)15/h16H,2-9H2,1H3,(H,17,18,19). The summed E-state index contributed by atoms with van der Waals surface area (Å²) in [6, 6.07) is 0. The molecule has 1 saturated heterocycles. The van der Waals surface area contributed by atoms with Crippen LogP contribution in [0.3, 0.4) is 0 Å². The van der Waals surface area contributed by atoms with Crippen molar-refractivity contribution in [1.29, 1.82) is 0 Å². The predicted octanol–water partition coefficient (Wildman–Crippen LogP) is 1.51. The molecule has 0 aromatic heterocycles. The Morgan fingerprint density at radius 2 is 1.70 bits per heavy atom. The van der Waals surface area contributed by atoms with Gasteiger partial charge in [-0.2, -0.15) is 13.5 Å². The zero-order valence-electron chi connectivity index (χ0n) is 11.5. The maximum Gasteiger partial charge on any atom is 0.280 e. The van der Waals surface area contributed by atoms with E-state index in [0.29, 0.717) is 12.8 Å². The lowest BCUT2D eigenvalue weighted by Crippen LogP contribution is -2.45. The van der Waals surface area contributed by atoms with Gasteiger partial charge in [-0.3, -0.25) is 19.3 Å². The molecule has 0 saturated carbocycles. The molecule has 0 radical (unpaired) electrons. The van der Waals surface area contributed by atoms with Gasteiger partial charge in [0.2, 0.25) is 0 Å². The van der Waals surface area contributed by atoms with E-state index >= 15 is 0 Å². The molecule has 0 aromatic carbocycles. The fourth-order valence-corrected chi connectivity index (χ4v) is 3.43. The highest BCUT2D eigenvalue weighted by Crippen LogP contribution is 2.35. The Balaban J connectivity index is 2.69. The molecular weight excluding hydrogens is 286 g/mol. The highest BCUT2D eigenvalue weighted by atomic mass is 32.2.